The summed E-state index contributed by atoms with van der Waals surface area (Å²) < 4.78 is 20.4. The van der Waals surface area contributed by atoms with E-state index in [1.54, 1.807) is 0 Å². The Balaban J connectivity index is 2.09. The van der Waals surface area contributed by atoms with Crippen LogP contribution >= 0.6 is 7.37 Å². The summed E-state index contributed by atoms with van der Waals surface area (Å²) in [6, 6.07) is 25.8. The van der Waals surface area contributed by atoms with Crippen LogP contribution in [0.2, 0.25) is 0 Å². The minimum atomic E-state index is -3.26. The highest BCUT2D eigenvalue weighted by Gasteiger charge is 2.37. The van der Waals surface area contributed by atoms with Crippen molar-refractivity contribution >= 4 is 24.0 Å². The summed E-state index contributed by atoms with van der Waals surface area (Å²) in [5.74, 6) is -0.490. The number of para-hydroxylation sites is 1. The Hall–Kier alpha value is -2.55. The van der Waals surface area contributed by atoms with Gasteiger partial charge in [0.2, 0.25) is 0 Å². The molecule has 5 heteroatoms. The van der Waals surface area contributed by atoms with E-state index in [0.29, 0.717) is 11.9 Å². The van der Waals surface area contributed by atoms with Crippen molar-refractivity contribution in [2.24, 2.45) is 0 Å². The van der Waals surface area contributed by atoms with E-state index in [1.165, 1.54) is 0 Å². The average Bonchev–Trinajstić information content (AvgIpc) is 2.74. The first-order valence-corrected chi connectivity index (χ1v) is 11.5. The van der Waals surface area contributed by atoms with Gasteiger partial charge in [0.15, 0.2) is 0 Å². The Kier molecular flexibility index (Phi) is 6.79. The second kappa shape index (κ2) is 9.30. The highest BCUT2D eigenvalue weighted by Crippen LogP contribution is 2.59. The van der Waals surface area contributed by atoms with Gasteiger partial charge < -0.3 is 14.7 Å². The van der Waals surface area contributed by atoms with Crippen LogP contribution in [0.4, 0.5) is 11.4 Å². The van der Waals surface area contributed by atoms with E-state index in [2.05, 4.69) is 5.32 Å². The Labute approximate surface area is 174 Å². The largest absolute Gasteiger partial charge is 0.378 e. The van der Waals surface area contributed by atoms with Crippen LogP contribution in [0, 0.1) is 6.92 Å². The first kappa shape index (κ1) is 21.2. The van der Waals surface area contributed by atoms with Gasteiger partial charge in [-0.15, -0.1) is 0 Å². The highest BCUT2D eigenvalue weighted by atomic mass is 31.2. The Morgan fingerprint density at radius 3 is 2.10 bits per heavy atom. The molecule has 0 amide bonds. The van der Waals surface area contributed by atoms with Gasteiger partial charge in [0, 0.05) is 30.8 Å². The molecule has 0 unspecified atom stereocenters. The molecule has 0 fully saturated rings. The van der Waals surface area contributed by atoms with Crippen molar-refractivity contribution < 1.29 is 9.09 Å². The quantitative estimate of drug-likeness (QED) is 0.478. The minimum absolute atomic E-state index is 0.367. The van der Waals surface area contributed by atoms with Gasteiger partial charge in [0.05, 0.1) is 6.61 Å². The molecule has 0 spiro atoms. The molecule has 0 saturated carbocycles. The summed E-state index contributed by atoms with van der Waals surface area (Å²) in [6.45, 7) is 4.30. The summed E-state index contributed by atoms with van der Waals surface area (Å²) in [5, 5.41) is 4.18. The van der Waals surface area contributed by atoms with Gasteiger partial charge in [-0.2, -0.15) is 0 Å². The maximum Gasteiger partial charge on any atom is 0.258 e. The fraction of sp³-hybridized carbons (Fsp3) is 0.250. The van der Waals surface area contributed by atoms with E-state index in [9.17, 15) is 4.57 Å². The smallest absolute Gasteiger partial charge is 0.258 e. The first-order valence-electron chi connectivity index (χ1n) is 9.84. The zero-order valence-corrected chi connectivity index (χ0v) is 18.4. The van der Waals surface area contributed by atoms with Crippen molar-refractivity contribution in [2.45, 2.75) is 19.6 Å². The molecule has 0 heterocycles. The maximum absolute atomic E-state index is 14.4. The van der Waals surface area contributed by atoms with Gasteiger partial charge >= 0.3 is 0 Å². The zero-order chi connectivity index (χ0) is 20.9. The molecule has 2 atom stereocenters. The molecule has 0 saturated heterocycles. The van der Waals surface area contributed by atoms with Crippen LogP contribution in [0.3, 0.4) is 0 Å². The molecule has 1 N–H and O–H groups in total. The molecule has 0 aromatic heterocycles. The number of benzene rings is 3. The second-order valence-electron chi connectivity index (χ2n) is 7.25. The third kappa shape index (κ3) is 4.90. The summed E-state index contributed by atoms with van der Waals surface area (Å²) >= 11 is 0. The predicted molar refractivity (Wildman–Crippen MR) is 124 cm³/mol. The Morgan fingerprint density at radius 2 is 1.55 bits per heavy atom. The maximum atomic E-state index is 14.4. The van der Waals surface area contributed by atoms with E-state index < -0.39 is 13.2 Å². The second-order valence-corrected chi connectivity index (χ2v) is 9.73. The summed E-state index contributed by atoms with van der Waals surface area (Å²) in [5.41, 5.74) is 4.06. The molecule has 29 heavy (non-hydrogen) atoms. The van der Waals surface area contributed by atoms with E-state index in [4.69, 9.17) is 4.52 Å². The standard InChI is InChI=1S/C24H29N2O2P/c1-5-28-29(27,23-17-15-22(16-18-23)26(3)4)24(20-13-11-19(2)12-14-20)25-21-9-7-6-8-10-21/h6-18,24-25H,5H2,1-4H3/t24-,29+/m0/s1. The van der Waals surface area contributed by atoms with Crippen LogP contribution in [0.1, 0.15) is 23.8 Å². The molecule has 0 aliphatic carbocycles. The van der Waals surface area contributed by atoms with Crippen molar-refractivity contribution in [1.82, 2.24) is 0 Å². The van der Waals surface area contributed by atoms with Gasteiger partial charge in [-0.1, -0.05) is 48.0 Å². The molecule has 0 aliphatic rings. The molecule has 0 bridgehead atoms. The number of anilines is 2. The van der Waals surface area contributed by atoms with Gasteiger partial charge in [-0.05, 0) is 55.8 Å². The van der Waals surface area contributed by atoms with Crippen LogP contribution in [-0.4, -0.2) is 20.7 Å². The number of nitrogens with one attached hydrogen (secondary N) is 1. The molecular weight excluding hydrogens is 379 g/mol. The Morgan fingerprint density at radius 1 is 0.931 bits per heavy atom. The van der Waals surface area contributed by atoms with Crippen LogP contribution in [0.25, 0.3) is 0 Å². The zero-order valence-electron chi connectivity index (χ0n) is 17.5. The lowest BCUT2D eigenvalue weighted by Crippen LogP contribution is -2.21. The van der Waals surface area contributed by atoms with E-state index in [0.717, 1.165) is 22.5 Å². The highest BCUT2D eigenvalue weighted by molar-refractivity contribution is 7.67. The number of rotatable bonds is 8. The summed E-state index contributed by atoms with van der Waals surface area (Å²) in [4.78, 5) is 2.02. The van der Waals surface area contributed by atoms with E-state index in [1.807, 2.05) is 112 Å². The van der Waals surface area contributed by atoms with Crippen molar-refractivity contribution in [2.75, 3.05) is 30.9 Å². The summed E-state index contributed by atoms with van der Waals surface area (Å²) in [7, 11) is 0.715. The third-order valence-corrected chi connectivity index (χ3v) is 7.62. The number of aryl methyl sites for hydroxylation is 1. The molecular formula is C24H29N2O2P. The van der Waals surface area contributed by atoms with Crippen LogP contribution < -0.4 is 15.5 Å². The van der Waals surface area contributed by atoms with Gasteiger partial charge in [0.25, 0.3) is 7.37 Å². The first-order chi connectivity index (χ1) is 13.9. The molecule has 3 aromatic carbocycles. The van der Waals surface area contributed by atoms with E-state index in [-0.39, 0.29) is 0 Å². The molecule has 3 rings (SSSR count). The van der Waals surface area contributed by atoms with E-state index >= 15 is 0 Å². The van der Waals surface area contributed by atoms with Crippen molar-refractivity contribution in [1.29, 1.82) is 0 Å². The third-order valence-electron chi connectivity index (χ3n) is 4.86. The van der Waals surface area contributed by atoms with Crippen molar-refractivity contribution in [3.8, 4) is 0 Å². The number of hydrogen-bond acceptors (Lipinski definition) is 4. The lowest BCUT2D eigenvalue weighted by atomic mass is 10.1. The molecule has 4 nitrogen and oxygen atoms in total. The topological polar surface area (TPSA) is 41.6 Å². The number of nitrogens with zero attached hydrogens (tertiary/aromatic N) is 1. The van der Waals surface area contributed by atoms with Gasteiger partial charge in [0.1, 0.15) is 5.78 Å². The monoisotopic (exact) mass is 408 g/mol. The average molecular weight is 408 g/mol. The van der Waals surface area contributed by atoms with Crippen LogP contribution in [0.5, 0.6) is 0 Å². The normalized spacial score (nSPS) is 14.1. The lowest BCUT2D eigenvalue weighted by molar-refractivity contribution is 0.335. The fourth-order valence-electron chi connectivity index (χ4n) is 3.25. The van der Waals surface area contributed by atoms with Crippen LogP contribution in [-0.2, 0) is 9.09 Å². The van der Waals surface area contributed by atoms with Gasteiger partial charge in [-0.25, -0.2) is 0 Å². The molecule has 0 aliphatic heterocycles. The predicted octanol–water partition coefficient (Wildman–Crippen LogP) is 5.81. The minimum Gasteiger partial charge on any atom is -0.378 e. The Bertz CT molecular complexity index is 954. The SMILES string of the molecule is CCO[P@](=O)(c1ccc(N(C)C)cc1)[C@H](Nc1ccccc1)c1ccc(C)cc1. The van der Waals surface area contributed by atoms with Gasteiger partial charge in [-0.3, -0.25) is 4.57 Å². The molecule has 0 radical (unpaired) electrons. The number of hydrogen-bond donors (Lipinski definition) is 1. The van der Waals surface area contributed by atoms with Crippen molar-refractivity contribution in [3.05, 3.63) is 90.0 Å². The molecule has 152 valence electrons. The van der Waals surface area contributed by atoms with Crippen LogP contribution in [0.15, 0.2) is 78.9 Å². The lowest BCUT2D eigenvalue weighted by Gasteiger charge is -2.30. The summed E-state index contributed by atoms with van der Waals surface area (Å²) in [6.07, 6.45) is 0. The fourth-order valence-corrected chi connectivity index (χ4v) is 5.68. The van der Waals surface area contributed by atoms with Crippen molar-refractivity contribution in [3.63, 3.8) is 0 Å². The molecule has 3 aromatic rings.